The van der Waals surface area contributed by atoms with E-state index in [4.69, 9.17) is 14.5 Å². The molecule has 0 N–H and O–H groups in total. The molecule has 0 amide bonds. The van der Waals surface area contributed by atoms with Gasteiger partial charge in [0.1, 0.15) is 5.82 Å². The lowest BCUT2D eigenvalue weighted by Gasteiger charge is -2.42. The lowest BCUT2D eigenvalue weighted by molar-refractivity contribution is 0.0844. The van der Waals surface area contributed by atoms with Gasteiger partial charge in [0.15, 0.2) is 11.5 Å². The Kier molecular flexibility index (Phi) is 6.19. The van der Waals surface area contributed by atoms with Crippen molar-refractivity contribution in [2.45, 2.75) is 56.5 Å². The number of aryl methyl sites for hydroxylation is 1. The fourth-order valence-electron chi connectivity index (χ4n) is 6.35. The number of rotatable bonds is 6. The third-order valence-electron chi connectivity index (χ3n) is 8.63. The van der Waals surface area contributed by atoms with Crippen LogP contribution in [0.1, 0.15) is 50.0 Å². The van der Waals surface area contributed by atoms with Crippen molar-refractivity contribution in [1.82, 2.24) is 19.4 Å². The highest BCUT2D eigenvalue weighted by atomic mass is 16.5. The number of ether oxygens (including phenoxy) is 2. The van der Waals surface area contributed by atoms with Gasteiger partial charge < -0.3 is 23.8 Å². The number of imidazole rings is 1. The van der Waals surface area contributed by atoms with Crippen molar-refractivity contribution >= 4 is 11.0 Å². The lowest BCUT2D eigenvalue weighted by atomic mass is 9.88. The summed E-state index contributed by atoms with van der Waals surface area (Å²) in [5, 5.41) is 0. The second-order valence-electron chi connectivity index (χ2n) is 10.6. The highest BCUT2D eigenvalue weighted by Crippen LogP contribution is 2.36. The average molecular weight is 475 g/mol. The summed E-state index contributed by atoms with van der Waals surface area (Å²) in [4.78, 5) is 10.5. The van der Waals surface area contributed by atoms with Gasteiger partial charge in [0.25, 0.3) is 0 Å². The van der Waals surface area contributed by atoms with Gasteiger partial charge in [0, 0.05) is 24.7 Å². The number of hydrogen-bond donors (Lipinski definition) is 0. The second-order valence-corrected chi connectivity index (χ2v) is 10.6. The summed E-state index contributed by atoms with van der Waals surface area (Å²) in [7, 11) is 5.45. The first-order valence-corrected chi connectivity index (χ1v) is 13.3. The van der Waals surface area contributed by atoms with Crippen molar-refractivity contribution in [3.8, 4) is 22.9 Å². The number of piperidine rings is 2. The van der Waals surface area contributed by atoms with E-state index < -0.39 is 0 Å². The third kappa shape index (κ3) is 4.43. The quantitative estimate of drug-likeness (QED) is 0.499. The molecule has 2 aromatic carbocycles. The first-order valence-electron chi connectivity index (χ1n) is 13.3. The standard InChI is InChI=1S/C29H38N4O2/c1-31-26-18-21(4-8-25(26)30-29(31)22-5-9-27(34-2)28(19-22)35-3)20-10-14-32(15-11-20)24-12-16-33(17-13-24)23-6-7-23/h4-5,8-9,18-20,23-24H,6-7,10-17H2,1-3H3. The van der Waals surface area contributed by atoms with Gasteiger partial charge in [-0.2, -0.15) is 0 Å². The molecule has 1 aromatic heterocycles. The fraction of sp³-hybridized carbons (Fsp3) is 0.552. The van der Waals surface area contributed by atoms with E-state index in [1.165, 1.54) is 75.8 Å². The number of nitrogens with zero attached hydrogens (tertiary/aromatic N) is 4. The van der Waals surface area contributed by atoms with Crippen molar-refractivity contribution in [3.63, 3.8) is 0 Å². The third-order valence-corrected chi connectivity index (χ3v) is 8.63. The Hall–Kier alpha value is -2.57. The molecular weight excluding hydrogens is 436 g/mol. The Balaban J connectivity index is 1.15. The van der Waals surface area contributed by atoms with E-state index in [0.717, 1.165) is 40.5 Å². The Labute approximate surface area is 208 Å². The molecule has 2 aliphatic heterocycles. The van der Waals surface area contributed by atoms with Crippen LogP contribution in [0.5, 0.6) is 11.5 Å². The molecule has 35 heavy (non-hydrogen) atoms. The van der Waals surface area contributed by atoms with Crippen molar-refractivity contribution < 1.29 is 9.47 Å². The highest BCUT2D eigenvalue weighted by molar-refractivity contribution is 5.81. The molecule has 1 saturated carbocycles. The molecule has 0 spiro atoms. The highest BCUT2D eigenvalue weighted by Gasteiger charge is 2.34. The molecule has 0 atom stereocenters. The van der Waals surface area contributed by atoms with Gasteiger partial charge in [0.2, 0.25) is 0 Å². The molecule has 3 aromatic rings. The Morgan fingerprint density at radius 3 is 2.06 bits per heavy atom. The number of fused-ring (bicyclic) bond motifs is 1. The van der Waals surface area contributed by atoms with Crippen LogP contribution >= 0.6 is 0 Å². The van der Waals surface area contributed by atoms with Gasteiger partial charge in [-0.15, -0.1) is 0 Å². The van der Waals surface area contributed by atoms with Crippen LogP contribution in [0.3, 0.4) is 0 Å². The fourth-order valence-corrected chi connectivity index (χ4v) is 6.35. The zero-order valence-corrected chi connectivity index (χ0v) is 21.4. The van der Waals surface area contributed by atoms with E-state index in [2.05, 4.69) is 39.6 Å². The van der Waals surface area contributed by atoms with Gasteiger partial charge >= 0.3 is 0 Å². The largest absolute Gasteiger partial charge is 0.493 e. The molecule has 1 aliphatic carbocycles. The monoisotopic (exact) mass is 474 g/mol. The number of hydrogen-bond acceptors (Lipinski definition) is 5. The smallest absolute Gasteiger partial charge is 0.161 e. The summed E-state index contributed by atoms with van der Waals surface area (Å²) in [5.41, 5.74) is 4.73. The molecule has 3 fully saturated rings. The number of likely N-dealkylation sites (tertiary alicyclic amines) is 2. The van der Waals surface area contributed by atoms with Crippen LogP contribution in [0.15, 0.2) is 36.4 Å². The van der Waals surface area contributed by atoms with Gasteiger partial charge in [-0.05, 0) is 107 Å². The molecule has 6 nitrogen and oxygen atoms in total. The maximum absolute atomic E-state index is 5.51. The van der Waals surface area contributed by atoms with Gasteiger partial charge in [-0.25, -0.2) is 4.98 Å². The van der Waals surface area contributed by atoms with E-state index >= 15 is 0 Å². The minimum absolute atomic E-state index is 0.640. The van der Waals surface area contributed by atoms with Crippen LogP contribution < -0.4 is 9.47 Å². The number of methoxy groups -OCH3 is 2. The minimum atomic E-state index is 0.640. The van der Waals surface area contributed by atoms with Crippen LogP contribution in [0.25, 0.3) is 22.4 Å². The molecule has 3 aliphatic rings. The minimum Gasteiger partial charge on any atom is -0.493 e. The van der Waals surface area contributed by atoms with Crippen molar-refractivity contribution in [2.75, 3.05) is 40.4 Å². The normalized spacial score (nSPS) is 21.0. The maximum Gasteiger partial charge on any atom is 0.161 e. The van der Waals surface area contributed by atoms with Gasteiger partial charge in [-0.1, -0.05) is 6.07 Å². The average Bonchev–Trinajstić information content (AvgIpc) is 3.72. The summed E-state index contributed by atoms with van der Waals surface area (Å²) >= 11 is 0. The summed E-state index contributed by atoms with van der Waals surface area (Å²) in [6, 6.07) is 14.6. The molecule has 0 unspecified atom stereocenters. The van der Waals surface area contributed by atoms with Gasteiger partial charge in [-0.3, -0.25) is 0 Å². The summed E-state index contributed by atoms with van der Waals surface area (Å²) in [6.45, 7) is 5.10. The SMILES string of the molecule is COc1ccc(-c2nc3ccc(C4CCN(C5CCN(C6CC6)CC5)CC4)cc3n2C)cc1OC. The van der Waals surface area contributed by atoms with Crippen LogP contribution in [0.2, 0.25) is 0 Å². The molecule has 186 valence electrons. The molecule has 3 heterocycles. The molecule has 0 bridgehead atoms. The number of benzene rings is 2. The van der Waals surface area contributed by atoms with Crippen LogP contribution in [0, 0.1) is 0 Å². The summed E-state index contributed by atoms with van der Waals surface area (Å²) < 4.78 is 13.1. The Morgan fingerprint density at radius 1 is 0.743 bits per heavy atom. The van der Waals surface area contributed by atoms with E-state index in [-0.39, 0.29) is 0 Å². The predicted molar refractivity (Wildman–Crippen MR) is 140 cm³/mol. The molecule has 6 rings (SSSR count). The van der Waals surface area contributed by atoms with E-state index in [9.17, 15) is 0 Å². The summed E-state index contributed by atoms with van der Waals surface area (Å²) in [6.07, 6.45) is 8.12. The lowest BCUT2D eigenvalue weighted by Crippen LogP contribution is -2.47. The van der Waals surface area contributed by atoms with Crippen LogP contribution in [0.4, 0.5) is 0 Å². The Bertz CT molecular complexity index is 1180. The maximum atomic E-state index is 5.51. The van der Waals surface area contributed by atoms with E-state index in [1.807, 2.05) is 18.2 Å². The molecule has 2 saturated heterocycles. The molecular formula is C29H38N4O2. The zero-order valence-electron chi connectivity index (χ0n) is 21.4. The van der Waals surface area contributed by atoms with Crippen LogP contribution in [-0.4, -0.2) is 71.8 Å². The first kappa shape index (κ1) is 22.9. The van der Waals surface area contributed by atoms with Crippen molar-refractivity contribution in [2.24, 2.45) is 7.05 Å². The second kappa shape index (κ2) is 9.47. The van der Waals surface area contributed by atoms with Crippen LogP contribution in [-0.2, 0) is 7.05 Å². The Morgan fingerprint density at radius 2 is 1.40 bits per heavy atom. The van der Waals surface area contributed by atoms with E-state index in [1.54, 1.807) is 14.2 Å². The first-order chi connectivity index (χ1) is 17.1. The van der Waals surface area contributed by atoms with Gasteiger partial charge in [0.05, 0.1) is 25.3 Å². The van der Waals surface area contributed by atoms with Crippen molar-refractivity contribution in [1.29, 1.82) is 0 Å². The predicted octanol–water partition coefficient (Wildman–Crippen LogP) is 5.06. The topological polar surface area (TPSA) is 42.8 Å². The van der Waals surface area contributed by atoms with E-state index in [0.29, 0.717) is 5.92 Å². The number of aromatic nitrogens is 2. The van der Waals surface area contributed by atoms with Crippen molar-refractivity contribution in [3.05, 3.63) is 42.0 Å². The molecule has 6 heteroatoms. The zero-order chi connectivity index (χ0) is 23.9. The molecule has 0 radical (unpaired) electrons. The summed E-state index contributed by atoms with van der Waals surface area (Å²) in [5.74, 6) is 3.05.